The highest BCUT2D eigenvalue weighted by molar-refractivity contribution is 6.32. The van der Waals surface area contributed by atoms with Crippen LogP contribution in [0, 0.1) is 11.8 Å². The van der Waals surface area contributed by atoms with E-state index in [2.05, 4.69) is 0 Å². The van der Waals surface area contributed by atoms with Gasteiger partial charge in [0.1, 0.15) is 0 Å². The summed E-state index contributed by atoms with van der Waals surface area (Å²) in [5.74, 6) is -1.44. The summed E-state index contributed by atoms with van der Waals surface area (Å²) in [5.41, 5.74) is 1.05. The topological polar surface area (TPSA) is 54.5 Å². The van der Waals surface area contributed by atoms with Crippen molar-refractivity contribution in [2.24, 2.45) is 11.8 Å². The number of rotatable bonds is 3. The fourth-order valence-corrected chi connectivity index (χ4v) is 3.84. The van der Waals surface area contributed by atoms with Gasteiger partial charge in [-0.15, -0.1) is 0 Å². The molecule has 2 aromatic carbocycles. The minimum absolute atomic E-state index is 0.242. The molecule has 0 saturated carbocycles. The predicted octanol–water partition coefficient (Wildman–Crippen LogP) is 4.03. The average molecular weight is 366 g/mol. The number of hydrogen-bond donors (Lipinski definition) is 0. The molecule has 1 fully saturated rings. The minimum Gasteiger partial charge on any atom is -0.289 e. The molecule has 2 aliphatic rings. The van der Waals surface area contributed by atoms with E-state index in [0.717, 1.165) is 0 Å². The Bertz CT molecular complexity index is 910. The highest BCUT2D eigenvalue weighted by atomic mass is 35.5. The Hall–Kier alpha value is -2.72. The van der Waals surface area contributed by atoms with Gasteiger partial charge in [0, 0.05) is 16.1 Å². The van der Waals surface area contributed by atoms with Crippen LogP contribution in [0.25, 0.3) is 0 Å². The van der Waals surface area contributed by atoms with Crippen LogP contribution < -0.4 is 4.90 Å². The maximum absolute atomic E-state index is 13.0. The van der Waals surface area contributed by atoms with Crippen LogP contribution in [0.3, 0.4) is 0 Å². The molecule has 1 aliphatic heterocycles. The van der Waals surface area contributed by atoms with Gasteiger partial charge >= 0.3 is 0 Å². The SMILES string of the molecule is O=C(c1ccccc1)c1cc(Cl)ccc1N1C(=O)[C@H]2CC=CC[C@H]2C1=O. The molecule has 1 heterocycles. The second kappa shape index (κ2) is 6.54. The standard InChI is InChI=1S/C21H16ClNO3/c22-14-10-11-18(17(12-14)19(24)13-6-2-1-3-7-13)23-20(25)15-8-4-5-9-16(15)21(23)26/h1-7,10-12,15-16H,8-9H2/t15-,16+. The maximum Gasteiger partial charge on any atom is 0.238 e. The van der Waals surface area contributed by atoms with Gasteiger partial charge in [-0.1, -0.05) is 54.1 Å². The zero-order chi connectivity index (χ0) is 18.3. The molecule has 2 aromatic rings. The fourth-order valence-electron chi connectivity index (χ4n) is 3.67. The number of anilines is 1. The highest BCUT2D eigenvalue weighted by Gasteiger charge is 2.48. The van der Waals surface area contributed by atoms with E-state index in [1.54, 1.807) is 36.4 Å². The van der Waals surface area contributed by atoms with E-state index in [-0.39, 0.29) is 35.0 Å². The first-order valence-corrected chi connectivity index (χ1v) is 8.88. The van der Waals surface area contributed by atoms with Crippen molar-refractivity contribution in [2.75, 3.05) is 4.90 Å². The second-order valence-corrected chi connectivity index (χ2v) is 6.96. The number of benzene rings is 2. The van der Waals surface area contributed by atoms with Crippen LogP contribution in [0.2, 0.25) is 5.02 Å². The van der Waals surface area contributed by atoms with Gasteiger partial charge in [-0.25, -0.2) is 4.90 Å². The lowest BCUT2D eigenvalue weighted by molar-refractivity contribution is -0.122. The number of carbonyl (C=O) groups is 3. The van der Waals surface area contributed by atoms with E-state index in [0.29, 0.717) is 29.1 Å². The lowest BCUT2D eigenvalue weighted by Crippen LogP contribution is -2.32. The summed E-state index contributed by atoms with van der Waals surface area (Å²) in [7, 11) is 0. The molecule has 0 radical (unpaired) electrons. The molecule has 2 atom stereocenters. The van der Waals surface area contributed by atoms with Gasteiger partial charge in [-0.3, -0.25) is 14.4 Å². The third kappa shape index (κ3) is 2.67. The summed E-state index contributed by atoms with van der Waals surface area (Å²) < 4.78 is 0. The number of hydrogen-bond acceptors (Lipinski definition) is 3. The van der Waals surface area contributed by atoms with Crippen LogP contribution in [0.4, 0.5) is 5.69 Å². The van der Waals surface area contributed by atoms with Crippen LogP contribution in [0.1, 0.15) is 28.8 Å². The molecule has 0 bridgehead atoms. The summed E-state index contributed by atoms with van der Waals surface area (Å²) in [6.45, 7) is 0. The van der Waals surface area contributed by atoms with Crippen molar-refractivity contribution in [2.45, 2.75) is 12.8 Å². The smallest absolute Gasteiger partial charge is 0.238 e. The molecule has 4 nitrogen and oxygen atoms in total. The summed E-state index contributed by atoms with van der Waals surface area (Å²) >= 11 is 6.10. The van der Waals surface area contributed by atoms with Gasteiger partial charge in [0.25, 0.3) is 0 Å². The molecule has 0 N–H and O–H groups in total. The summed E-state index contributed by atoms with van der Waals surface area (Å²) in [6.07, 6.45) is 4.99. The van der Waals surface area contributed by atoms with Gasteiger partial charge in [0.2, 0.25) is 11.8 Å². The predicted molar refractivity (Wildman–Crippen MR) is 99.2 cm³/mol. The minimum atomic E-state index is -0.345. The Labute approximate surface area is 156 Å². The number of amides is 2. The van der Waals surface area contributed by atoms with E-state index < -0.39 is 0 Å². The molecule has 2 amide bonds. The normalized spacial score (nSPS) is 21.8. The molecule has 4 rings (SSSR count). The molecule has 0 spiro atoms. The molecule has 130 valence electrons. The summed E-state index contributed by atoms with van der Waals surface area (Å²) in [6, 6.07) is 13.5. The first kappa shape index (κ1) is 16.7. The van der Waals surface area contributed by atoms with Crippen molar-refractivity contribution >= 4 is 34.9 Å². The lowest BCUT2D eigenvalue weighted by atomic mass is 9.85. The van der Waals surface area contributed by atoms with Crippen molar-refractivity contribution in [1.29, 1.82) is 0 Å². The van der Waals surface area contributed by atoms with Crippen LogP contribution in [0.15, 0.2) is 60.7 Å². The summed E-state index contributed by atoms with van der Waals surface area (Å²) in [5, 5.41) is 0.381. The van der Waals surface area contributed by atoms with Crippen LogP contribution in [-0.4, -0.2) is 17.6 Å². The van der Waals surface area contributed by atoms with Crippen LogP contribution in [-0.2, 0) is 9.59 Å². The number of imide groups is 1. The molecule has 26 heavy (non-hydrogen) atoms. The van der Waals surface area contributed by atoms with Crippen molar-refractivity contribution < 1.29 is 14.4 Å². The van der Waals surface area contributed by atoms with Crippen molar-refractivity contribution in [3.05, 3.63) is 76.8 Å². The lowest BCUT2D eigenvalue weighted by Gasteiger charge is -2.18. The van der Waals surface area contributed by atoms with Crippen molar-refractivity contribution in [3.8, 4) is 0 Å². The van der Waals surface area contributed by atoms with Crippen LogP contribution in [0.5, 0.6) is 0 Å². The Kier molecular flexibility index (Phi) is 4.21. The Morgan fingerprint density at radius 2 is 1.54 bits per heavy atom. The van der Waals surface area contributed by atoms with Crippen molar-refractivity contribution in [3.63, 3.8) is 0 Å². The number of nitrogens with zero attached hydrogens (tertiary/aromatic N) is 1. The second-order valence-electron chi connectivity index (χ2n) is 6.52. The number of ketones is 1. The quantitative estimate of drug-likeness (QED) is 0.469. The molecule has 0 aromatic heterocycles. The van der Waals surface area contributed by atoms with Gasteiger partial charge in [0.15, 0.2) is 5.78 Å². The van der Waals surface area contributed by atoms with Gasteiger partial charge in [-0.2, -0.15) is 0 Å². The van der Waals surface area contributed by atoms with Gasteiger partial charge in [0.05, 0.1) is 17.5 Å². The maximum atomic E-state index is 13.0. The average Bonchev–Trinajstić information content (AvgIpc) is 2.93. The molecular formula is C21H16ClNO3. The van der Waals surface area contributed by atoms with E-state index in [1.807, 2.05) is 18.2 Å². The van der Waals surface area contributed by atoms with Crippen LogP contribution >= 0.6 is 11.6 Å². The van der Waals surface area contributed by atoms with E-state index >= 15 is 0 Å². The third-order valence-electron chi connectivity index (χ3n) is 4.99. The Balaban J connectivity index is 1.79. The number of allylic oxidation sites excluding steroid dienone is 2. The molecule has 1 saturated heterocycles. The number of fused-ring (bicyclic) bond motifs is 1. The zero-order valence-electron chi connectivity index (χ0n) is 13.9. The molecular weight excluding hydrogens is 350 g/mol. The van der Waals surface area contributed by atoms with E-state index in [1.165, 1.54) is 11.0 Å². The molecule has 1 aliphatic carbocycles. The monoisotopic (exact) mass is 365 g/mol. The highest BCUT2D eigenvalue weighted by Crippen LogP contribution is 2.39. The van der Waals surface area contributed by atoms with Gasteiger partial charge in [-0.05, 0) is 31.0 Å². The zero-order valence-corrected chi connectivity index (χ0v) is 14.6. The van der Waals surface area contributed by atoms with E-state index in [4.69, 9.17) is 11.6 Å². The largest absolute Gasteiger partial charge is 0.289 e. The van der Waals surface area contributed by atoms with E-state index in [9.17, 15) is 14.4 Å². The first-order chi connectivity index (χ1) is 12.6. The molecule has 0 unspecified atom stereocenters. The van der Waals surface area contributed by atoms with Crippen molar-refractivity contribution in [1.82, 2.24) is 0 Å². The Morgan fingerprint density at radius 1 is 0.923 bits per heavy atom. The first-order valence-electron chi connectivity index (χ1n) is 8.50. The fraction of sp³-hybridized carbons (Fsp3) is 0.190. The third-order valence-corrected chi connectivity index (χ3v) is 5.22. The molecule has 5 heteroatoms. The van der Waals surface area contributed by atoms with Gasteiger partial charge < -0.3 is 0 Å². The number of carbonyl (C=O) groups excluding carboxylic acids is 3. The number of halogens is 1. The summed E-state index contributed by atoms with van der Waals surface area (Å²) in [4.78, 5) is 39.9. The Morgan fingerprint density at radius 3 is 2.15 bits per heavy atom.